The molecule has 0 amide bonds. The number of aromatic nitrogens is 3. The van der Waals surface area contributed by atoms with Gasteiger partial charge in [-0.3, -0.25) is 13.8 Å². The number of hydrogen-bond acceptors (Lipinski definition) is 8. The van der Waals surface area contributed by atoms with E-state index in [1.807, 2.05) is 4.57 Å². The molecule has 1 saturated heterocycles. The molecule has 1 aliphatic heterocycles. The molecule has 2 aromatic rings. The molecule has 39 heavy (non-hydrogen) atoms. The number of nitriles is 1. The van der Waals surface area contributed by atoms with Crippen LogP contribution in [0.15, 0.2) is 29.5 Å². The van der Waals surface area contributed by atoms with Gasteiger partial charge >= 0.3 is 0 Å². The Hall–Kier alpha value is -1.64. The molecule has 3 heterocycles. The van der Waals surface area contributed by atoms with Crippen molar-refractivity contribution in [3.05, 3.63) is 35.0 Å². The maximum atomic E-state index is 12.5. The molecule has 1 fully saturated rings. The summed E-state index contributed by atoms with van der Waals surface area (Å²) in [5.41, 5.74) is -0.155. The predicted octanol–water partition coefficient (Wildman–Crippen LogP) is 5.85. The molecule has 0 N–H and O–H groups in total. The van der Waals surface area contributed by atoms with E-state index in [-0.39, 0.29) is 41.8 Å². The summed E-state index contributed by atoms with van der Waals surface area (Å²) >= 11 is 0. The molecule has 2 aromatic heterocycles. The number of imidazole rings is 1. The first-order valence-electron chi connectivity index (χ1n) is 13.9. The van der Waals surface area contributed by atoms with E-state index in [1.54, 1.807) is 18.6 Å². The van der Waals surface area contributed by atoms with Crippen molar-refractivity contribution in [3.8, 4) is 6.07 Å². The van der Waals surface area contributed by atoms with Crippen LogP contribution < -0.4 is 5.56 Å². The zero-order valence-corrected chi connectivity index (χ0v) is 27.0. The van der Waals surface area contributed by atoms with Gasteiger partial charge in [-0.2, -0.15) is 5.26 Å². The fourth-order valence-electron chi connectivity index (χ4n) is 4.58. The fraction of sp³-hybridized carbons (Fsp3) is 0.741. The van der Waals surface area contributed by atoms with E-state index < -0.39 is 35.3 Å². The van der Waals surface area contributed by atoms with E-state index >= 15 is 0 Å². The van der Waals surface area contributed by atoms with Gasteiger partial charge in [-0.15, -0.1) is 0 Å². The summed E-state index contributed by atoms with van der Waals surface area (Å²) in [5.74, 6) is 0.491. The van der Waals surface area contributed by atoms with Crippen molar-refractivity contribution in [2.75, 3.05) is 6.61 Å². The number of ether oxygens (including phenoxy) is 1. The van der Waals surface area contributed by atoms with Gasteiger partial charge in [-0.25, -0.2) is 9.65 Å². The third-order valence-electron chi connectivity index (χ3n) is 7.54. The zero-order chi connectivity index (χ0) is 29.1. The van der Waals surface area contributed by atoms with Gasteiger partial charge in [0, 0.05) is 36.7 Å². The van der Waals surface area contributed by atoms with Crippen molar-refractivity contribution in [1.82, 2.24) is 18.6 Å². The molecule has 0 bridgehead atoms. The summed E-state index contributed by atoms with van der Waals surface area (Å²) in [6.07, 6.45) is 4.26. The smallest absolute Gasteiger partial charge is 0.259 e. The largest absolute Gasteiger partial charge is 0.407 e. The standard InChI is InChI=1S/C27H46N5O5PSi/c1-11-21-23(36-38(34-18-12-14-28)32(19(2)3)20(4)5)24(37-39(9,10)27(6,7)8)25(35-21)31-16-13-22(33)30-17-15-29-26(30)31/h13,15-17,19-21,23-25H,11-12,18H2,1-10H3/t21-,23-,24-,25-,38?/m1/s1. The van der Waals surface area contributed by atoms with E-state index in [9.17, 15) is 4.79 Å². The molecule has 218 valence electrons. The van der Waals surface area contributed by atoms with Crippen LogP contribution in [-0.2, 0) is 18.2 Å². The van der Waals surface area contributed by atoms with Gasteiger partial charge in [0.25, 0.3) is 14.1 Å². The van der Waals surface area contributed by atoms with Crippen LogP contribution in [0, 0.1) is 11.3 Å². The Kier molecular flexibility index (Phi) is 10.5. The summed E-state index contributed by atoms with van der Waals surface area (Å²) in [7, 11) is -3.81. The van der Waals surface area contributed by atoms with Crippen LogP contribution >= 0.6 is 8.53 Å². The number of rotatable bonds is 12. The Morgan fingerprint density at radius 1 is 1.21 bits per heavy atom. The van der Waals surface area contributed by atoms with Crippen LogP contribution in [0.2, 0.25) is 18.1 Å². The molecule has 1 aliphatic rings. The summed E-state index contributed by atoms with van der Waals surface area (Å²) in [4.78, 5) is 17.0. The molecule has 1 unspecified atom stereocenters. The second-order valence-electron chi connectivity index (χ2n) is 12.1. The molecule has 5 atom stereocenters. The van der Waals surface area contributed by atoms with E-state index in [4.69, 9.17) is 23.5 Å². The average Bonchev–Trinajstić information content (AvgIpc) is 3.44. The highest BCUT2D eigenvalue weighted by atomic mass is 31.2. The van der Waals surface area contributed by atoms with E-state index in [0.717, 1.165) is 0 Å². The topological polar surface area (TPSA) is 103 Å². The van der Waals surface area contributed by atoms with Crippen LogP contribution in [0.5, 0.6) is 0 Å². The number of nitrogens with zero attached hydrogens (tertiary/aromatic N) is 5. The highest BCUT2D eigenvalue weighted by Crippen LogP contribution is 2.52. The van der Waals surface area contributed by atoms with Crippen molar-refractivity contribution in [3.63, 3.8) is 0 Å². The lowest BCUT2D eigenvalue weighted by Gasteiger charge is -2.42. The Morgan fingerprint density at radius 2 is 1.87 bits per heavy atom. The SMILES string of the molecule is CC[C@H]1O[C@@H](n2ccc(=O)n3ccnc23)[C@H](O[Si](C)(C)C(C)(C)C)[C@@H]1OP(OCCC#N)N(C(C)C)C(C)C. The van der Waals surface area contributed by atoms with Gasteiger partial charge in [0.1, 0.15) is 12.2 Å². The molecule has 12 heteroatoms. The van der Waals surface area contributed by atoms with E-state index in [0.29, 0.717) is 12.2 Å². The quantitative estimate of drug-likeness (QED) is 0.175. The predicted molar refractivity (Wildman–Crippen MR) is 156 cm³/mol. The fourth-order valence-corrected chi connectivity index (χ4v) is 7.63. The normalized spacial score (nSPS) is 23.3. The summed E-state index contributed by atoms with van der Waals surface area (Å²) < 4.78 is 32.6. The van der Waals surface area contributed by atoms with Crippen molar-refractivity contribution >= 4 is 22.6 Å². The third kappa shape index (κ3) is 6.99. The minimum Gasteiger partial charge on any atom is -0.407 e. The molecule has 0 saturated carbocycles. The van der Waals surface area contributed by atoms with Gasteiger partial charge in [-0.05, 0) is 52.2 Å². The van der Waals surface area contributed by atoms with Crippen molar-refractivity contribution in [1.29, 1.82) is 5.26 Å². The minimum absolute atomic E-state index is 0.0471. The lowest BCUT2D eigenvalue weighted by Crippen LogP contribution is -2.49. The summed E-state index contributed by atoms with van der Waals surface area (Å²) in [6, 6.07) is 4.02. The first kappa shape index (κ1) is 31.9. The Labute approximate surface area is 235 Å². The van der Waals surface area contributed by atoms with Crippen molar-refractivity contribution in [2.45, 2.75) is 123 Å². The lowest BCUT2D eigenvalue weighted by molar-refractivity contribution is -0.0331. The van der Waals surface area contributed by atoms with Gasteiger partial charge in [0.05, 0.1) is 25.2 Å². The maximum Gasteiger partial charge on any atom is 0.259 e. The second kappa shape index (κ2) is 12.9. The van der Waals surface area contributed by atoms with Crippen LogP contribution in [0.4, 0.5) is 0 Å². The molecule has 0 aliphatic carbocycles. The molecule has 0 radical (unpaired) electrons. The Balaban J connectivity index is 2.10. The lowest BCUT2D eigenvalue weighted by atomic mass is 10.1. The Morgan fingerprint density at radius 3 is 2.44 bits per heavy atom. The first-order chi connectivity index (χ1) is 18.2. The van der Waals surface area contributed by atoms with Crippen LogP contribution in [0.3, 0.4) is 0 Å². The summed E-state index contributed by atoms with van der Waals surface area (Å²) in [6.45, 7) is 21.9. The van der Waals surface area contributed by atoms with E-state index in [1.165, 1.54) is 10.5 Å². The molecule has 10 nitrogen and oxygen atoms in total. The van der Waals surface area contributed by atoms with Crippen LogP contribution in [0.25, 0.3) is 5.78 Å². The maximum absolute atomic E-state index is 12.5. The molecule has 0 spiro atoms. The van der Waals surface area contributed by atoms with Crippen molar-refractivity contribution < 1.29 is 18.2 Å². The van der Waals surface area contributed by atoms with Crippen LogP contribution in [-0.4, -0.2) is 63.9 Å². The number of hydrogen-bond donors (Lipinski definition) is 0. The van der Waals surface area contributed by atoms with Gasteiger partial charge in [-0.1, -0.05) is 27.7 Å². The Bertz CT molecular complexity index is 1180. The first-order valence-corrected chi connectivity index (χ1v) is 17.9. The average molecular weight is 580 g/mol. The summed E-state index contributed by atoms with van der Waals surface area (Å²) in [5, 5.41) is 9.10. The van der Waals surface area contributed by atoms with Gasteiger partial charge in [0.2, 0.25) is 5.78 Å². The van der Waals surface area contributed by atoms with Crippen molar-refractivity contribution in [2.24, 2.45) is 0 Å². The molecular formula is C27H46N5O5PSi. The molecule has 3 rings (SSSR count). The zero-order valence-electron chi connectivity index (χ0n) is 25.1. The number of fused-ring (bicyclic) bond motifs is 1. The monoisotopic (exact) mass is 579 g/mol. The van der Waals surface area contributed by atoms with Crippen LogP contribution in [0.1, 0.15) is 74.5 Å². The minimum atomic E-state index is -2.30. The highest BCUT2D eigenvalue weighted by Gasteiger charge is 2.52. The van der Waals surface area contributed by atoms with Gasteiger partial charge < -0.3 is 18.2 Å². The van der Waals surface area contributed by atoms with E-state index in [2.05, 4.69) is 84.2 Å². The molecular weight excluding hydrogens is 533 g/mol. The van der Waals surface area contributed by atoms with Gasteiger partial charge in [0.15, 0.2) is 14.5 Å². The third-order valence-corrected chi connectivity index (χ3v) is 14.1. The molecule has 0 aromatic carbocycles. The second-order valence-corrected chi connectivity index (χ2v) is 18.3. The highest BCUT2D eigenvalue weighted by molar-refractivity contribution is 7.44.